The Morgan fingerprint density at radius 3 is 2.70 bits per heavy atom. The summed E-state index contributed by atoms with van der Waals surface area (Å²) in [6, 6.07) is 10.3. The van der Waals surface area contributed by atoms with Crippen molar-refractivity contribution in [1.82, 2.24) is 5.43 Å². The highest BCUT2D eigenvalue weighted by atomic mass is 127. The molecule has 0 aliphatic rings. The van der Waals surface area contributed by atoms with Crippen molar-refractivity contribution in [3.63, 3.8) is 0 Å². The number of hydrogen-bond acceptors (Lipinski definition) is 4. The van der Waals surface area contributed by atoms with E-state index in [1.807, 2.05) is 28.7 Å². The summed E-state index contributed by atoms with van der Waals surface area (Å²) in [6.07, 6.45) is 1.39. The van der Waals surface area contributed by atoms with Crippen LogP contribution in [-0.2, 0) is 4.79 Å². The highest BCUT2D eigenvalue weighted by Crippen LogP contribution is 2.25. The molecule has 120 valence electrons. The van der Waals surface area contributed by atoms with Crippen LogP contribution in [0.3, 0.4) is 0 Å². The molecule has 2 aromatic rings. The number of phenolic OH excluding ortho intramolecular Hbond substituents is 1. The zero-order valence-electron chi connectivity index (χ0n) is 11.6. The highest BCUT2D eigenvalue weighted by molar-refractivity contribution is 14.1. The molecule has 0 bridgehead atoms. The topological polar surface area (TPSA) is 70.9 Å². The minimum Gasteiger partial charge on any atom is -0.506 e. The van der Waals surface area contributed by atoms with Crippen molar-refractivity contribution in [2.75, 3.05) is 6.61 Å². The number of carbonyl (C=O) groups is 1. The van der Waals surface area contributed by atoms with Gasteiger partial charge in [-0.2, -0.15) is 5.10 Å². The Morgan fingerprint density at radius 1 is 1.30 bits per heavy atom. The molecule has 0 saturated carbocycles. The number of phenols is 1. The van der Waals surface area contributed by atoms with Crippen molar-refractivity contribution >= 4 is 68.9 Å². The van der Waals surface area contributed by atoms with Crippen LogP contribution in [0, 0.1) is 7.14 Å². The third-order valence-corrected chi connectivity index (χ3v) is 4.33. The van der Waals surface area contributed by atoms with Gasteiger partial charge in [-0.05, 0) is 81.6 Å². The third kappa shape index (κ3) is 5.81. The monoisotopic (exact) mass is 556 g/mol. The minimum atomic E-state index is -0.406. The van der Waals surface area contributed by atoms with E-state index in [0.29, 0.717) is 19.9 Å². The normalized spacial score (nSPS) is 10.7. The Kier molecular flexibility index (Phi) is 6.90. The summed E-state index contributed by atoms with van der Waals surface area (Å²) in [7, 11) is 0. The fourth-order valence-corrected chi connectivity index (χ4v) is 3.59. The standard InChI is InChI=1S/C15H11ClI2N2O3/c16-10-1-3-12(4-2-10)23-8-14(21)20-19-7-9-5-11(17)6-13(18)15(9)22/h1-7,22H,8H2,(H,20,21)/b19-7-. The molecule has 0 atom stereocenters. The van der Waals surface area contributed by atoms with E-state index in [4.69, 9.17) is 16.3 Å². The molecule has 0 heterocycles. The van der Waals surface area contributed by atoms with E-state index in [9.17, 15) is 9.90 Å². The largest absolute Gasteiger partial charge is 0.506 e. The van der Waals surface area contributed by atoms with E-state index < -0.39 is 5.91 Å². The van der Waals surface area contributed by atoms with Crippen LogP contribution in [0.1, 0.15) is 5.56 Å². The molecule has 2 N–H and O–H groups in total. The first kappa shape index (κ1) is 18.3. The number of aromatic hydroxyl groups is 1. The van der Waals surface area contributed by atoms with Gasteiger partial charge in [0.05, 0.1) is 9.78 Å². The Morgan fingerprint density at radius 2 is 2.00 bits per heavy atom. The van der Waals surface area contributed by atoms with Gasteiger partial charge >= 0.3 is 0 Å². The lowest BCUT2D eigenvalue weighted by Gasteiger charge is -2.05. The molecular formula is C15H11ClI2N2O3. The second kappa shape index (κ2) is 8.69. The number of hydrogen-bond donors (Lipinski definition) is 2. The second-order valence-electron chi connectivity index (χ2n) is 4.36. The van der Waals surface area contributed by atoms with Crippen molar-refractivity contribution in [1.29, 1.82) is 0 Å². The maximum Gasteiger partial charge on any atom is 0.277 e. The van der Waals surface area contributed by atoms with Gasteiger partial charge < -0.3 is 9.84 Å². The maximum atomic E-state index is 11.7. The van der Waals surface area contributed by atoms with Gasteiger partial charge in [-0.15, -0.1) is 0 Å². The van der Waals surface area contributed by atoms with Crippen molar-refractivity contribution < 1.29 is 14.6 Å². The van der Waals surface area contributed by atoms with Gasteiger partial charge in [0, 0.05) is 14.2 Å². The highest BCUT2D eigenvalue weighted by Gasteiger charge is 2.06. The summed E-state index contributed by atoms with van der Waals surface area (Å²) < 4.78 is 6.97. The SMILES string of the molecule is O=C(COc1ccc(Cl)cc1)N/N=C\c1cc(I)cc(I)c1O. The first-order valence-corrected chi connectivity index (χ1v) is 8.87. The molecule has 0 aliphatic heterocycles. The first-order chi connectivity index (χ1) is 11.0. The minimum absolute atomic E-state index is 0.126. The zero-order chi connectivity index (χ0) is 16.8. The van der Waals surface area contributed by atoms with Crippen LogP contribution < -0.4 is 10.2 Å². The molecule has 0 unspecified atom stereocenters. The number of nitrogens with one attached hydrogen (secondary N) is 1. The van der Waals surface area contributed by atoms with Crippen molar-refractivity contribution in [2.45, 2.75) is 0 Å². The quantitative estimate of drug-likeness (QED) is 0.335. The van der Waals surface area contributed by atoms with Gasteiger partial charge in [0.15, 0.2) is 6.61 Å². The second-order valence-corrected chi connectivity index (χ2v) is 7.21. The van der Waals surface area contributed by atoms with Crippen LogP contribution in [0.2, 0.25) is 5.02 Å². The maximum absolute atomic E-state index is 11.7. The van der Waals surface area contributed by atoms with Crippen molar-refractivity contribution in [3.8, 4) is 11.5 Å². The Bertz CT molecular complexity index is 736. The first-order valence-electron chi connectivity index (χ1n) is 6.34. The summed E-state index contributed by atoms with van der Waals surface area (Å²) >= 11 is 9.93. The average molecular weight is 557 g/mol. The van der Waals surface area contributed by atoms with E-state index in [-0.39, 0.29) is 12.4 Å². The number of rotatable bonds is 5. The van der Waals surface area contributed by atoms with Gasteiger partial charge in [0.25, 0.3) is 5.91 Å². The predicted molar refractivity (Wildman–Crippen MR) is 106 cm³/mol. The van der Waals surface area contributed by atoms with Crippen LogP contribution in [0.4, 0.5) is 0 Å². The molecule has 23 heavy (non-hydrogen) atoms. The van der Waals surface area contributed by atoms with Crippen LogP contribution in [0.25, 0.3) is 0 Å². The van der Waals surface area contributed by atoms with Gasteiger partial charge in [0.1, 0.15) is 11.5 Å². The number of benzene rings is 2. The summed E-state index contributed by atoms with van der Waals surface area (Å²) in [6.45, 7) is -0.172. The molecule has 8 heteroatoms. The van der Waals surface area contributed by atoms with E-state index in [1.54, 1.807) is 30.3 Å². The Balaban J connectivity index is 1.88. The van der Waals surface area contributed by atoms with Crippen LogP contribution in [0.15, 0.2) is 41.5 Å². The molecule has 0 radical (unpaired) electrons. The number of nitrogens with zero attached hydrogens (tertiary/aromatic N) is 1. The van der Waals surface area contributed by atoms with E-state index in [1.165, 1.54) is 6.21 Å². The molecule has 1 amide bonds. The Hall–Kier alpha value is -1.07. The number of ether oxygens (including phenoxy) is 1. The zero-order valence-corrected chi connectivity index (χ0v) is 16.7. The van der Waals surface area contributed by atoms with Crippen LogP contribution in [0.5, 0.6) is 11.5 Å². The van der Waals surface area contributed by atoms with Crippen LogP contribution >= 0.6 is 56.8 Å². The molecule has 2 rings (SSSR count). The van der Waals surface area contributed by atoms with Crippen LogP contribution in [-0.4, -0.2) is 23.8 Å². The fourth-order valence-electron chi connectivity index (χ4n) is 1.57. The van der Waals surface area contributed by atoms with Crippen molar-refractivity contribution in [2.24, 2.45) is 5.10 Å². The van der Waals surface area contributed by atoms with Gasteiger partial charge in [-0.1, -0.05) is 11.6 Å². The fraction of sp³-hybridized carbons (Fsp3) is 0.0667. The lowest BCUT2D eigenvalue weighted by Crippen LogP contribution is -2.24. The van der Waals surface area contributed by atoms with Gasteiger partial charge in [-0.25, -0.2) is 5.43 Å². The molecule has 0 aromatic heterocycles. The summed E-state index contributed by atoms with van der Waals surface area (Å²) in [4.78, 5) is 11.7. The number of amides is 1. The summed E-state index contributed by atoms with van der Waals surface area (Å²) in [5.41, 5.74) is 2.87. The van der Waals surface area contributed by atoms with Crippen molar-refractivity contribution in [3.05, 3.63) is 54.1 Å². The predicted octanol–water partition coefficient (Wildman–Crippen LogP) is 3.78. The summed E-state index contributed by atoms with van der Waals surface area (Å²) in [5, 5.41) is 14.3. The average Bonchev–Trinajstić information content (AvgIpc) is 2.51. The smallest absolute Gasteiger partial charge is 0.277 e. The molecular weight excluding hydrogens is 545 g/mol. The van der Waals surface area contributed by atoms with E-state index >= 15 is 0 Å². The lowest BCUT2D eigenvalue weighted by molar-refractivity contribution is -0.123. The number of hydrazone groups is 1. The number of halogens is 3. The molecule has 0 spiro atoms. The molecule has 5 nitrogen and oxygen atoms in total. The van der Waals surface area contributed by atoms with E-state index in [2.05, 4.69) is 33.1 Å². The number of carbonyl (C=O) groups excluding carboxylic acids is 1. The third-order valence-electron chi connectivity index (χ3n) is 2.63. The Labute approximate surface area is 165 Å². The summed E-state index contributed by atoms with van der Waals surface area (Å²) in [5.74, 6) is 0.260. The molecule has 0 saturated heterocycles. The van der Waals surface area contributed by atoms with Gasteiger partial charge in [0.2, 0.25) is 0 Å². The van der Waals surface area contributed by atoms with Gasteiger partial charge in [-0.3, -0.25) is 4.79 Å². The molecule has 0 aliphatic carbocycles. The molecule has 2 aromatic carbocycles. The molecule has 0 fully saturated rings. The lowest BCUT2D eigenvalue weighted by atomic mass is 10.2. The van der Waals surface area contributed by atoms with E-state index in [0.717, 1.165) is 3.57 Å².